The van der Waals surface area contributed by atoms with Crippen molar-refractivity contribution >= 4 is 0 Å². The normalized spacial score (nSPS) is 12.6. The number of nitrogens with zero attached hydrogens (tertiary/aromatic N) is 3. The van der Waals surface area contributed by atoms with Gasteiger partial charge in [0.05, 0.1) is 23.6 Å². The topological polar surface area (TPSA) is 42.7 Å². The summed E-state index contributed by atoms with van der Waals surface area (Å²) in [4.78, 5) is 1.66. The Labute approximate surface area is 95.3 Å². The minimum atomic E-state index is 0.238. The van der Waals surface area contributed by atoms with Crippen LogP contribution in [-0.4, -0.2) is 21.5 Å². The van der Waals surface area contributed by atoms with Crippen LogP contribution in [0.5, 0.6) is 0 Å². The Morgan fingerprint density at radius 1 is 1.31 bits per heavy atom. The lowest BCUT2D eigenvalue weighted by Crippen LogP contribution is -2.18. The SMILES string of the molecule is CCNC(C)c1cnn(-c2ccccc2)n1. The van der Waals surface area contributed by atoms with Crippen LogP contribution in [0.25, 0.3) is 5.69 Å². The lowest BCUT2D eigenvalue weighted by Gasteiger charge is -2.07. The first-order valence-electron chi connectivity index (χ1n) is 5.52. The van der Waals surface area contributed by atoms with Gasteiger partial charge in [-0.05, 0) is 25.6 Å². The lowest BCUT2D eigenvalue weighted by atomic mass is 10.2. The molecule has 0 amide bonds. The smallest absolute Gasteiger partial charge is 0.0998 e. The zero-order valence-electron chi connectivity index (χ0n) is 9.59. The first kappa shape index (κ1) is 10.8. The highest BCUT2D eigenvalue weighted by Crippen LogP contribution is 2.09. The third-order valence-corrected chi connectivity index (χ3v) is 2.45. The van der Waals surface area contributed by atoms with Crippen LogP contribution in [0, 0.1) is 0 Å². The van der Waals surface area contributed by atoms with Crippen molar-refractivity contribution in [2.45, 2.75) is 19.9 Å². The molecule has 0 bridgehead atoms. The molecule has 4 heteroatoms. The molecule has 0 aliphatic rings. The Morgan fingerprint density at radius 3 is 2.75 bits per heavy atom. The van der Waals surface area contributed by atoms with Gasteiger partial charge in [0.1, 0.15) is 0 Å². The summed E-state index contributed by atoms with van der Waals surface area (Å²) in [6.07, 6.45) is 1.81. The quantitative estimate of drug-likeness (QED) is 0.849. The fourth-order valence-electron chi connectivity index (χ4n) is 1.57. The molecule has 4 nitrogen and oxygen atoms in total. The van der Waals surface area contributed by atoms with E-state index in [1.807, 2.05) is 30.3 Å². The van der Waals surface area contributed by atoms with Crippen molar-refractivity contribution in [1.82, 2.24) is 20.3 Å². The van der Waals surface area contributed by atoms with Crippen LogP contribution in [0.3, 0.4) is 0 Å². The Morgan fingerprint density at radius 2 is 2.06 bits per heavy atom. The zero-order valence-corrected chi connectivity index (χ0v) is 9.59. The van der Waals surface area contributed by atoms with E-state index >= 15 is 0 Å². The summed E-state index contributed by atoms with van der Waals surface area (Å²) in [5.41, 5.74) is 1.95. The standard InChI is InChI=1S/C12H16N4/c1-3-13-10(2)12-9-14-16(15-12)11-7-5-4-6-8-11/h4-10,13H,3H2,1-2H3. The number of hydrogen-bond acceptors (Lipinski definition) is 3. The van der Waals surface area contributed by atoms with Gasteiger partial charge >= 0.3 is 0 Å². The molecule has 2 aromatic rings. The van der Waals surface area contributed by atoms with Crippen LogP contribution in [0.15, 0.2) is 36.5 Å². The maximum Gasteiger partial charge on any atom is 0.0998 e. The molecule has 1 N–H and O–H groups in total. The molecule has 0 aliphatic carbocycles. The van der Waals surface area contributed by atoms with E-state index in [0.717, 1.165) is 17.9 Å². The van der Waals surface area contributed by atoms with Gasteiger partial charge in [0.2, 0.25) is 0 Å². The number of para-hydroxylation sites is 1. The second-order valence-corrected chi connectivity index (χ2v) is 3.67. The zero-order chi connectivity index (χ0) is 11.4. The largest absolute Gasteiger partial charge is 0.309 e. The van der Waals surface area contributed by atoms with Crippen LogP contribution in [0.1, 0.15) is 25.6 Å². The molecule has 0 spiro atoms. The highest BCUT2D eigenvalue weighted by molar-refractivity contribution is 5.28. The van der Waals surface area contributed by atoms with Crippen LogP contribution in [0.4, 0.5) is 0 Å². The van der Waals surface area contributed by atoms with Gasteiger partial charge in [-0.3, -0.25) is 0 Å². The minimum Gasteiger partial charge on any atom is -0.309 e. The van der Waals surface area contributed by atoms with Crippen LogP contribution < -0.4 is 5.32 Å². The highest BCUT2D eigenvalue weighted by atomic mass is 15.5. The van der Waals surface area contributed by atoms with Gasteiger partial charge in [-0.15, -0.1) is 0 Å². The Kier molecular flexibility index (Phi) is 3.31. The Balaban J connectivity index is 2.20. The molecule has 0 fully saturated rings. The van der Waals surface area contributed by atoms with E-state index in [0.29, 0.717) is 0 Å². The van der Waals surface area contributed by atoms with E-state index in [2.05, 4.69) is 29.4 Å². The van der Waals surface area contributed by atoms with E-state index in [1.165, 1.54) is 0 Å². The summed E-state index contributed by atoms with van der Waals surface area (Å²) in [5.74, 6) is 0. The van der Waals surface area contributed by atoms with Gasteiger partial charge in [-0.1, -0.05) is 25.1 Å². The first-order chi connectivity index (χ1) is 7.81. The van der Waals surface area contributed by atoms with Gasteiger partial charge in [0, 0.05) is 0 Å². The van der Waals surface area contributed by atoms with E-state index in [4.69, 9.17) is 0 Å². The average molecular weight is 216 g/mol. The average Bonchev–Trinajstić information content (AvgIpc) is 2.80. The molecule has 0 saturated heterocycles. The van der Waals surface area contributed by atoms with E-state index in [9.17, 15) is 0 Å². The Hall–Kier alpha value is -1.68. The van der Waals surface area contributed by atoms with Crippen molar-refractivity contribution < 1.29 is 0 Å². The van der Waals surface area contributed by atoms with Gasteiger partial charge in [-0.2, -0.15) is 15.0 Å². The molecule has 0 saturated carbocycles. The molecule has 1 aromatic carbocycles. The lowest BCUT2D eigenvalue weighted by molar-refractivity contribution is 0.575. The minimum absolute atomic E-state index is 0.238. The molecule has 1 heterocycles. The number of benzene rings is 1. The van der Waals surface area contributed by atoms with Crippen molar-refractivity contribution in [2.24, 2.45) is 0 Å². The molecule has 84 valence electrons. The third kappa shape index (κ3) is 2.28. The maximum absolute atomic E-state index is 4.44. The summed E-state index contributed by atoms with van der Waals surface area (Å²) in [6.45, 7) is 5.10. The van der Waals surface area contributed by atoms with Crippen molar-refractivity contribution in [1.29, 1.82) is 0 Å². The van der Waals surface area contributed by atoms with E-state index in [-0.39, 0.29) is 6.04 Å². The van der Waals surface area contributed by atoms with Crippen molar-refractivity contribution in [2.75, 3.05) is 6.54 Å². The van der Waals surface area contributed by atoms with Gasteiger partial charge in [0.25, 0.3) is 0 Å². The summed E-state index contributed by atoms with van der Waals surface area (Å²) in [7, 11) is 0. The molecule has 1 unspecified atom stereocenters. The van der Waals surface area contributed by atoms with Crippen LogP contribution in [-0.2, 0) is 0 Å². The van der Waals surface area contributed by atoms with Crippen molar-refractivity contribution in [3.63, 3.8) is 0 Å². The first-order valence-corrected chi connectivity index (χ1v) is 5.52. The maximum atomic E-state index is 4.44. The Bertz CT molecular complexity index is 435. The van der Waals surface area contributed by atoms with Gasteiger partial charge < -0.3 is 5.32 Å². The van der Waals surface area contributed by atoms with E-state index in [1.54, 1.807) is 11.0 Å². The highest BCUT2D eigenvalue weighted by Gasteiger charge is 2.08. The second kappa shape index (κ2) is 4.90. The van der Waals surface area contributed by atoms with Crippen LogP contribution >= 0.6 is 0 Å². The molecule has 16 heavy (non-hydrogen) atoms. The number of aromatic nitrogens is 3. The van der Waals surface area contributed by atoms with Crippen molar-refractivity contribution in [3.8, 4) is 5.69 Å². The number of hydrogen-bond donors (Lipinski definition) is 1. The second-order valence-electron chi connectivity index (χ2n) is 3.67. The monoisotopic (exact) mass is 216 g/mol. The number of rotatable bonds is 4. The third-order valence-electron chi connectivity index (χ3n) is 2.45. The summed E-state index contributed by atoms with van der Waals surface area (Å²) in [6, 6.07) is 10.2. The van der Waals surface area contributed by atoms with E-state index < -0.39 is 0 Å². The molecular weight excluding hydrogens is 200 g/mol. The van der Waals surface area contributed by atoms with Gasteiger partial charge in [-0.25, -0.2) is 0 Å². The summed E-state index contributed by atoms with van der Waals surface area (Å²) < 4.78 is 0. The molecule has 0 aliphatic heterocycles. The fourth-order valence-corrected chi connectivity index (χ4v) is 1.57. The summed E-state index contributed by atoms with van der Waals surface area (Å²) in [5, 5.41) is 12.0. The molecular formula is C12H16N4. The fraction of sp³-hybridized carbons (Fsp3) is 0.333. The predicted octanol–water partition coefficient (Wildman–Crippen LogP) is 1.94. The summed E-state index contributed by atoms with van der Waals surface area (Å²) >= 11 is 0. The molecule has 2 rings (SSSR count). The molecule has 1 aromatic heterocycles. The molecule has 0 radical (unpaired) electrons. The van der Waals surface area contributed by atoms with Crippen LogP contribution in [0.2, 0.25) is 0 Å². The predicted molar refractivity (Wildman–Crippen MR) is 63.5 cm³/mol. The van der Waals surface area contributed by atoms with Gasteiger partial charge in [0.15, 0.2) is 0 Å². The number of nitrogens with one attached hydrogen (secondary N) is 1. The molecule has 1 atom stereocenters. The van der Waals surface area contributed by atoms with Crippen molar-refractivity contribution in [3.05, 3.63) is 42.2 Å².